The fourth-order valence-corrected chi connectivity index (χ4v) is 6.76. The van der Waals surface area contributed by atoms with Crippen LogP contribution < -0.4 is 19.3 Å². The van der Waals surface area contributed by atoms with Crippen molar-refractivity contribution in [3.8, 4) is 11.5 Å². The van der Waals surface area contributed by atoms with Gasteiger partial charge in [0, 0.05) is 93.4 Å². The molecule has 4 aromatic carbocycles. The molecule has 0 N–H and O–H groups in total. The topological polar surface area (TPSA) is 152 Å². The monoisotopic (exact) mass is 722 g/mol. The van der Waals surface area contributed by atoms with Crippen LogP contribution in [-0.2, 0) is 15.0 Å². The first kappa shape index (κ1) is 36.9. The van der Waals surface area contributed by atoms with Crippen LogP contribution >= 0.6 is 0 Å². The van der Waals surface area contributed by atoms with Gasteiger partial charge in [-0.2, -0.15) is 0 Å². The van der Waals surface area contributed by atoms with Crippen molar-refractivity contribution in [2.45, 2.75) is 31.7 Å². The number of carbonyl (C=O) groups is 2. The summed E-state index contributed by atoms with van der Waals surface area (Å²) >= 11 is 0. The number of nitro benzene ring substituents is 2. The number of benzene rings is 4. The zero-order chi connectivity index (χ0) is 37.5. The first-order chi connectivity index (χ1) is 25.5. The van der Waals surface area contributed by atoms with Crippen LogP contribution in [0.2, 0.25) is 0 Å². The smallest absolute Gasteiger partial charge is 0.269 e. The Bertz CT molecular complexity index is 1730. The van der Waals surface area contributed by atoms with Gasteiger partial charge in [0.1, 0.15) is 11.5 Å². The second-order valence-electron chi connectivity index (χ2n) is 13.6. The Morgan fingerprint density at radius 1 is 0.547 bits per heavy atom. The maximum Gasteiger partial charge on any atom is 0.269 e. The maximum absolute atomic E-state index is 12.1. The summed E-state index contributed by atoms with van der Waals surface area (Å²) in [6, 6.07) is 28.4. The van der Waals surface area contributed by atoms with E-state index in [-0.39, 0.29) is 16.8 Å². The average molecular weight is 723 g/mol. The van der Waals surface area contributed by atoms with Crippen LogP contribution in [0.5, 0.6) is 11.5 Å². The van der Waals surface area contributed by atoms with Crippen LogP contribution in [-0.4, -0.2) is 97.0 Å². The van der Waals surface area contributed by atoms with Crippen molar-refractivity contribution >= 4 is 35.3 Å². The van der Waals surface area contributed by atoms with Gasteiger partial charge >= 0.3 is 0 Å². The number of rotatable bonds is 14. The van der Waals surface area contributed by atoms with E-state index in [0.29, 0.717) is 63.9 Å². The Hall–Kier alpha value is -5.86. The summed E-state index contributed by atoms with van der Waals surface area (Å²) in [5, 5.41) is 22.0. The van der Waals surface area contributed by atoms with E-state index in [1.54, 1.807) is 24.3 Å². The van der Waals surface area contributed by atoms with E-state index in [2.05, 4.69) is 23.6 Å². The van der Waals surface area contributed by atoms with Gasteiger partial charge in [-0.1, -0.05) is 38.1 Å². The molecular formula is C39H42N6O8. The fraction of sp³-hybridized carbons (Fsp3) is 0.333. The normalized spacial score (nSPS) is 16.7. The number of piperazine rings is 2. The number of carbonyl (C=O) groups excluding carboxylic acids is 2. The van der Waals surface area contributed by atoms with Crippen LogP contribution in [0.15, 0.2) is 97.1 Å². The van der Waals surface area contributed by atoms with Crippen LogP contribution in [0.4, 0.5) is 22.7 Å². The molecule has 0 amide bonds. The van der Waals surface area contributed by atoms with Gasteiger partial charge in [0.05, 0.1) is 9.85 Å². The molecule has 2 unspecified atom stereocenters. The Kier molecular flexibility index (Phi) is 11.3. The molecule has 0 bridgehead atoms. The molecule has 4 aromatic rings. The van der Waals surface area contributed by atoms with Crippen LogP contribution in [0.1, 0.15) is 25.0 Å². The molecule has 53 heavy (non-hydrogen) atoms. The van der Waals surface area contributed by atoms with Crippen molar-refractivity contribution in [1.29, 1.82) is 0 Å². The predicted molar refractivity (Wildman–Crippen MR) is 200 cm³/mol. The second-order valence-corrected chi connectivity index (χ2v) is 13.6. The highest BCUT2D eigenvalue weighted by atomic mass is 16.6. The minimum atomic E-state index is -0.741. The fourth-order valence-electron chi connectivity index (χ4n) is 6.76. The molecule has 2 heterocycles. The molecule has 2 aliphatic heterocycles. The van der Waals surface area contributed by atoms with Crippen molar-refractivity contribution < 1.29 is 28.9 Å². The van der Waals surface area contributed by atoms with E-state index in [1.807, 2.05) is 58.3 Å². The lowest BCUT2D eigenvalue weighted by molar-refractivity contribution is -0.385. The summed E-state index contributed by atoms with van der Waals surface area (Å²) in [6.45, 7) is 9.25. The number of nitro groups is 2. The number of hydrogen-bond acceptors (Lipinski definition) is 12. The molecule has 0 aliphatic carbocycles. The molecule has 14 nitrogen and oxygen atoms in total. The van der Waals surface area contributed by atoms with E-state index in [0.717, 1.165) is 35.1 Å². The van der Waals surface area contributed by atoms with Gasteiger partial charge in [0.25, 0.3) is 11.4 Å². The molecule has 2 saturated heterocycles. The van der Waals surface area contributed by atoms with Gasteiger partial charge in [-0.3, -0.25) is 39.6 Å². The lowest BCUT2D eigenvalue weighted by Gasteiger charge is -2.38. The third kappa shape index (κ3) is 8.62. The minimum Gasteiger partial charge on any atom is -0.468 e. The van der Waals surface area contributed by atoms with Crippen molar-refractivity contribution in [1.82, 2.24) is 9.80 Å². The zero-order valence-electron chi connectivity index (χ0n) is 29.7. The second kappa shape index (κ2) is 16.2. The Balaban J connectivity index is 1.00. The van der Waals surface area contributed by atoms with Crippen molar-refractivity contribution in [2.75, 3.05) is 62.2 Å². The largest absolute Gasteiger partial charge is 0.468 e. The van der Waals surface area contributed by atoms with E-state index in [1.165, 1.54) is 24.3 Å². The van der Waals surface area contributed by atoms with Crippen molar-refractivity contribution in [3.05, 3.63) is 128 Å². The van der Waals surface area contributed by atoms with Gasteiger partial charge in [-0.25, -0.2) is 0 Å². The lowest BCUT2D eigenvalue weighted by atomic mass is 9.78. The van der Waals surface area contributed by atoms with E-state index < -0.39 is 22.3 Å². The molecule has 2 fully saturated rings. The summed E-state index contributed by atoms with van der Waals surface area (Å²) in [5.41, 5.74) is 3.64. The Morgan fingerprint density at radius 2 is 0.868 bits per heavy atom. The number of anilines is 2. The van der Waals surface area contributed by atoms with Gasteiger partial charge < -0.3 is 19.3 Å². The molecule has 0 aromatic heterocycles. The van der Waals surface area contributed by atoms with Crippen molar-refractivity contribution in [2.24, 2.45) is 0 Å². The summed E-state index contributed by atoms with van der Waals surface area (Å²) < 4.78 is 12.2. The predicted octanol–water partition coefficient (Wildman–Crippen LogP) is 5.28. The van der Waals surface area contributed by atoms with Crippen molar-refractivity contribution in [3.63, 3.8) is 0 Å². The van der Waals surface area contributed by atoms with E-state index >= 15 is 0 Å². The quantitative estimate of drug-likeness (QED) is 0.0946. The molecule has 14 heteroatoms. The summed E-state index contributed by atoms with van der Waals surface area (Å²) in [4.78, 5) is 53.5. The van der Waals surface area contributed by atoms with Crippen LogP contribution in [0.3, 0.4) is 0 Å². The summed E-state index contributed by atoms with van der Waals surface area (Å²) in [6.07, 6.45) is 0.129. The number of aldehydes is 2. The first-order valence-corrected chi connectivity index (χ1v) is 17.5. The van der Waals surface area contributed by atoms with Gasteiger partial charge in [-0.05, 0) is 59.7 Å². The molecule has 276 valence electrons. The number of ether oxygens (including phenoxy) is 2. The van der Waals surface area contributed by atoms with Crippen LogP contribution in [0.25, 0.3) is 0 Å². The molecular weight excluding hydrogens is 680 g/mol. The third-order valence-corrected chi connectivity index (χ3v) is 10.1. The number of nitrogens with zero attached hydrogens (tertiary/aromatic N) is 6. The zero-order valence-corrected chi connectivity index (χ0v) is 29.7. The molecule has 0 spiro atoms. The molecule has 2 atom stereocenters. The highest BCUT2D eigenvalue weighted by molar-refractivity contribution is 5.58. The highest BCUT2D eigenvalue weighted by Gasteiger charge is 2.28. The minimum absolute atomic E-state index is 0.0518. The molecule has 6 rings (SSSR count). The number of hydrogen-bond donors (Lipinski definition) is 0. The Morgan fingerprint density at radius 3 is 1.15 bits per heavy atom. The van der Waals surface area contributed by atoms with E-state index in [9.17, 15) is 29.8 Å². The van der Waals surface area contributed by atoms with Gasteiger partial charge in [0.15, 0.2) is 12.6 Å². The summed E-state index contributed by atoms with van der Waals surface area (Å²) in [5.74, 6) is 1.16. The highest BCUT2D eigenvalue weighted by Crippen LogP contribution is 2.34. The molecule has 0 saturated carbocycles. The third-order valence-electron chi connectivity index (χ3n) is 10.1. The first-order valence-electron chi connectivity index (χ1n) is 17.5. The van der Waals surface area contributed by atoms with Crippen LogP contribution in [0, 0.1) is 20.2 Å². The van der Waals surface area contributed by atoms with Gasteiger partial charge in [-0.15, -0.1) is 0 Å². The number of non-ortho nitro benzene ring substituents is 2. The standard InChI is InChI=1S/C39H42N6O8/c1-39(2,29-3-15-35(16-4-29)52-37(27-46)42-23-19-40(20-24-42)31-7-11-33(12-8-31)44(48)49)30-5-17-36(18-6-30)53-38(28-47)43-25-21-41(22-26-43)32-9-13-34(14-10-32)45(50)51/h3-18,27-28,37-38H,19-26H2,1-2H3. The lowest BCUT2D eigenvalue weighted by Crippen LogP contribution is -2.52. The van der Waals surface area contributed by atoms with Gasteiger partial charge in [0.2, 0.25) is 12.5 Å². The SMILES string of the molecule is CC(C)(c1ccc(OC(C=O)N2CCN(c3ccc([N+](=O)[O-])cc3)CC2)cc1)c1ccc(OC(C=O)N2CCN(c3ccc([N+](=O)[O-])cc3)CC2)cc1. The molecule has 2 aliphatic rings. The maximum atomic E-state index is 12.1. The molecule has 0 radical (unpaired) electrons. The Labute approximate surface area is 307 Å². The van der Waals surface area contributed by atoms with E-state index in [4.69, 9.17) is 9.47 Å². The summed E-state index contributed by atoms with van der Waals surface area (Å²) in [7, 11) is 0. The average Bonchev–Trinajstić information content (AvgIpc) is 3.19.